The molecule has 0 amide bonds. The van der Waals surface area contributed by atoms with Crippen LogP contribution in [0, 0.1) is 45.3 Å². The molecule has 4 aliphatic carbocycles. The van der Waals surface area contributed by atoms with Gasteiger partial charge in [-0.05, 0) is 87.4 Å². The lowest BCUT2D eigenvalue weighted by atomic mass is 9.38. The van der Waals surface area contributed by atoms with Crippen molar-refractivity contribution < 1.29 is 19.7 Å². The zero-order valence-electron chi connectivity index (χ0n) is 23.4. The summed E-state index contributed by atoms with van der Waals surface area (Å²) in [5.41, 5.74) is -0.136. The van der Waals surface area contributed by atoms with Crippen LogP contribution < -0.4 is 0 Å². The van der Waals surface area contributed by atoms with Gasteiger partial charge < -0.3 is 19.7 Å². The van der Waals surface area contributed by atoms with Gasteiger partial charge in [0.25, 0.3) is 0 Å². The van der Waals surface area contributed by atoms with Gasteiger partial charge in [0.2, 0.25) is 0 Å². The van der Waals surface area contributed by atoms with Crippen LogP contribution in [0.5, 0.6) is 0 Å². The van der Waals surface area contributed by atoms with Gasteiger partial charge in [-0.25, -0.2) is 0 Å². The van der Waals surface area contributed by atoms with Crippen molar-refractivity contribution in [2.24, 2.45) is 45.3 Å². The van der Waals surface area contributed by atoms with Gasteiger partial charge in [-0.15, -0.1) is 0 Å². The van der Waals surface area contributed by atoms with Crippen molar-refractivity contribution in [1.82, 2.24) is 0 Å². The summed E-state index contributed by atoms with van der Waals surface area (Å²) in [5, 5.41) is 21.0. The molecule has 0 aliphatic heterocycles. The lowest BCUT2D eigenvalue weighted by Gasteiger charge is -2.66. The predicted octanol–water partition coefficient (Wildman–Crippen LogP) is 6.11. The molecule has 0 aromatic carbocycles. The molecule has 4 aliphatic rings. The standard InChI is InChI=1S/C31H50O4/c1-20(10-9-14-27(2,3)34)21-13-15-30(7)26-24(35-8)18-23-22(11-12-25(33)28(23,4)5)31(26,19-32)17-16-29(21,30)6/h9,14,18-22,24-26,33-34H,10-13,15-17H2,1-8H3/b14-9+/t20-,21?,22?,24+,25+,26?,29-,30+,31-/m1/s1. The molecule has 3 unspecified atom stereocenters. The van der Waals surface area contributed by atoms with Gasteiger partial charge in [-0.3, -0.25) is 0 Å². The summed E-state index contributed by atoms with van der Waals surface area (Å²) in [6.45, 7) is 15.3. The van der Waals surface area contributed by atoms with Gasteiger partial charge in [0.15, 0.2) is 0 Å². The van der Waals surface area contributed by atoms with Crippen molar-refractivity contribution in [3.63, 3.8) is 0 Å². The summed E-state index contributed by atoms with van der Waals surface area (Å²) in [4.78, 5) is 13.2. The van der Waals surface area contributed by atoms with Crippen LogP contribution in [0.25, 0.3) is 0 Å². The van der Waals surface area contributed by atoms with E-state index in [1.165, 1.54) is 18.3 Å². The third kappa shape index (κ3) is 3.92. The molecular weight excluding hydrogens is 436 g/mol. The maximum Gasteiger partial charge on any atom is 0.127 e. The number of ether oxygens (including phenoxy) is 1. The highest BCUT2D eigenvalue weighted by molar-refractivity contribution is 5.65. The fraction of sp³-hybridized carbons (Fsp3) is 0.839. The first kappa shape index (κ1) is 27.1. The van der Waals surface area contributed by atoms with E-state index in [0.717, 1.165) is 38.5 Å². The number of hydrogen-bond donors (Lipinski definition) is 2. The molecule has 9 atom stereocenters. The fourth-order valence-corrected chi connectivity index (χ4v) is 9.46. The zero-order chi connectivity index (χ0) is 26.0. The molecule has 2 N–H and O–H groups in total. The van der Waals surface area contributed by atoms with Gasteiger partial charge in [-0.2, -0.15) is 0 Å². The average molecular weight is 487 g/mol. The van der Waals surface area contributed by atoms with Crippen LogP contribution in [0.2, 0.25) is 0 Å². The number of aliphatic hydroxyl groups excluding tert-OH is 1. The second-order valence-electron chi connectivity index (χ2n) is 14.1. The Morgan fingerprint density at radius 2 is 1.80 bits per heavy atom. The number of carbonyl (C=O) groups excluding carboxylic acids is 1. The monoisotopic (exact) mass is 486 g/mol. The van der Waals surface area contributed by atoms with Crippen LogP contribution >= 0.6 is 0 Å². The summed E-state index contributed by atoms with van der Waals surface area (Å²) in [6, 6.07) is 0. The molecule has 35 heavy (non-hydrogen) atoms. The Labute approximate surface area is 213 Å². The summed E-state index contributed by atoms with van der Waals surface area (Å²) in [5.74, 6) is 1.45. The molecule has 0 aromatic heterocycles. The van der Waals surface area contributed by atoms with E-state index in [2.05, 4.69) is 46.8 Å². The number of carbonyl (C=O) groups is 1. The first-order chi connectivity index (χ1) is 16.2. The Morgan fingerprint density at radius 1 is 1.11 bits per heavy atom. The number of hydrogen-bond acceptors (Lipinski definition) is 4. The molecule has 4 rings (SSSR count). The molecule has 0 aromatic rings. The summed E-state index contributed by atoms with van der Waals surface area (Å²) >= 11 is 0. The number of fused-ring (bicyclic) bond motifs is 5. The Hall–Kier alpha value is -0.970. The smallest absolute Gasteiger partial charge is 0.127 e. The molecule has 0 radical (unpaired) electrons. The van der Waals surface area contributed by atoms with Crippen molar-refractivity contribution in [2.45, 2.75) is 111 Å². The lowest BCUT2D eigenvalue weighted by Crippen LogP contribution is -2.64. The van der Waals surface area contributed by atoms with Gasteiger partial charge in [0.1, 0.15) is 6.29 Å². The van der Waals surface area contributed by atoms with Crippen molar-refractivity contribution in [1.29, 1.82) is 0 Å². The fourth-order valence-electron chi connectivity index (χ4n) is 9.46. The molecule has 0 bridgehead atoms. The van der Waals surface area contributed by atoms with Gasteiger partial charge in [0.05, 0.1) is 17.8 Å². The highest BCUT2D eigenvalue weighted by atomic mass is 16.5. The van der Waals surface area contributed by atoms with Crippen LogP contribution in [0.1, 0.15) is 93.4 Å². The number of aliphatic hydroxyl groups is 2. The van der Waals surface area contributed by atoms with E-state index in [1.807, 2.05) is 19.9 Å². The first-order valence-electron chi connectivity index (χ1n) is 14.0. The van der Waals surface area contributed by atoms with Gasteiger partial charge >= 0.3 is 0 Å². The Kier molecular flexibility index (Phi) is 6.81. The van der Waals surface area contributed by atoms with E-state index in [9.17, 15) is 15.0 Å². The number of methoxy groups -OCH3 is 1. The third-order valence-corrected chi connectivity index (χ3v) is 11.7. The summed E-state index contributed by atoms with van der Waals surface area (Å²) < 4.78 is 6.23. The van der Waals surface area contributed by atoms with E-state index in [1.54, 1.807) is 7.11 Å². The molecule has 0 spiro atoms. The van der Waals surface area contributed by atoms with E-state index in [4.69, 9.17) is 4.74 Å². The normalized spacial score (nSPS) is 45.9. The molecule has 0 heterocycles. The molecule has 198 valence electrons. The minimum absolute atomic E-state index is 0.00790. The van der Waals surface area contributed by atoms with Crippen molar-refractivity contribution >= 4 is 6.29 Å². The van der Waals surface area contributed by atoms with E-state index < -0.39 is 11.0 Å². The molecule has 0 saturated heterocycles. The summed E-state index contributed by atoms with van der Waals surface area (Å²) in [6.07, 6.45) is 14.1. The number of rotatable bonds is 6. The SMILES string of the molecule is CO[C@H]1C=C2C(CC[C@H](O)C2(C)C)[C@]2(C=O)CC[C@]3(C)C([C@H](C)C/C=C/C(C)(C)O)CC[C@@]3(C)C12. The zero-order valence-corrected chi connectivity index (χ0v) is 23.4. The highest BCUT2D eigenvalue weighted by Crippen LogP contribution is 2.74. The van der Waals surface area contributed by atoms with E-state index >= 15 is 0 Å². The largest absolute Gasteiger partial charge is 0.392 e. The van der Waals surface area contributed by atoms with Crippen LogP contribution in [-0.2, 0) is 9.53 Å². The Morgan fingerprint density at radius 3 is 2.40 bits per heavy atom. The maximum atomic E-state index is 13.2. The third-order valence-electron chi connectivity index (χ3n) is 11.7. The van der Waals surface area contributed by atoms with Crippen LogP contribution in [0.15, 0.2) is 23.8 Å². The number of allylic oxidation sites excluding steroid dienone is 1. The van der Waals surface area contributed by atoms with Crippen LogP contribution in [0.4, 0.5) is 0 Å². The predicted molar refractivity (Wildman–Crippen MR) is 141 cm³/mol. The molecule has 3 fully saturated rings. The molecular formula is C31H50O4. The van der Waals surface area contributed by atoms with Crippen LogP contribution in [0.3, 0.4) is 0 Å². The highest BCUT2D eigenvalue weighted by Gasteiger charge is 2.70. The minimum Gasteiger partial charge on any atom is -0.392 e. The second-order valence-corrected chi connectivity index (χ2v) is 14.1. The van der Waals surface area contributed by atoms with Crippen LogP contribution in [-0.4, -0.2) is 41.4 Å². The van der Waals surface area contributed by atoms with E-state index in [0.29, 0.717) is 11.8 Å². The summed E-state index contributed by atoms with van der Waals surface area (Å²) in [7, 11) is 1.80. The average Bonchev–Trinajstić information content (AvgIpc) is 3.06. The topological polar surface area (TPSA) is 66.8 Å². The van der Waals surface area contributed by atoms with Gasteiger partial charge in [-0.1, -0.05) is 58.4 Å². The Balaban J connectivity index is 1.73. The lowest BCUT2D eigenvalue weighted by molar-refractivity contribution is -0.186. The number of aldehydes is 1. The second kappa shape index (κ2) is 8.81. The van der Waals surface area contributed by atoms with Gasteiger partial charge in [0, 0.05) is 23.9 Å². The Bertz CT molecular complexity index is 881. The van der Waals surface area contributed by atoms with Crippen molar-refractivity contribution in [3.05, 3.63) is 23.8 Å². The van der Waals surface area contributed by atoms with Crippen molar-refractivity contribution in [3.8, 4) is 0 Å². The minimum atomic E-state index is -0.776. The van der Waals surface area contributed by atoms with E-state index in [-0.39, 0.29) is 40.3 Å². The van der Waals surface area contributed by atoms with Crippen molar-refractivity contribution in [2.75, 3.05) is 7.11 Å². The quantitative estimate of drug-likeness (QED) is 0.351. The molecule has 3 saturated carbocycles. The maximum absolute atomic E-state index is 13.2. The molecule has 4 nitrogen and oxygen atoms in total. The first-order valence-corrected chi connectivity index (χ1v) is 14.0. The molecule has 4 heteroatoms.